The maximum atomic E-state index is 14.3. The molecule has 1 heterocycles. The number of alkyl halides is 2. The van der Waals surface area contributed by atoms with Crippen LogP contribution in [0.4, 0.5) is 8.78 Å². The molecule has 0 aromatic carbocycles. The Bertz CT molecular complexity index is 438. The first-order valence-corrected chi connectivity index (χ1v) is 6.54. The first-order valence-electron chi connectivity index (χ1n) is 6.54. The van der Waals surface area contributed by atoms with E-state index in [4.69, 9.17) is 10.2 Å². The molecule has 8 nitrogen and oxygen atoms in total. The van der Waals surface area contributed by atoms with Crippen molar-refractivity contribution in [2.24, 2.45) is 5.92 Å². The fourth-order valence-electron chi connectivity index (χ4n) is 2.38. The average Bonchev–Trinajstić information content (AvgIpc) is 2.45. The van der Waals surface area contributed by atoms with Gasteiger partial charge in [-0.3, -0.25) is 4.79 Å². The maximum absolute atomic E-state index is 14.3. The second kappa shape index (κ2) is 6.82. The van der Waals surface area contributed by atoms with E-state index in [0.717, 1.165) is 13.8 Å². The molecule has 1 fully saturated rings. The van der Waals surface area contributed by atoms with Crippen molar-refractivity contribution in [3.63, 3.8) is 0 Å². The van der Waals surface area contributed by atoms with E-state index in [0.29, 0.717) is 0 Å². The Kier molecular flexibility index (Phi) is 5.79. The highest BCUT2D eigenvalue weighted by Crippen LogP contribution is 2.38. The summed E-state index contributed by atoms with van der Waals surface area (Å²) in [5.74, 6) is -7.99. The maximum Gasteiger partial charge on any atom is 0.372 e. The van der Waals surface area contributed by atoms with Crippen molar-refractivity contribution in [1.82, 2.24) is 5.32 Å². The van der Waals surface area contributed by atoms with Crippen LogP contribution in [0.1, 0.15) is 13.8 Å². The molecule has 0 radical (unpaired) electrons. The van der Waals surface area contributed by atoms with Crippen molar-refractivity contribution in [2.45, 2.75) is 50.2 Å². The van der Waals surface area contributed by atoms with E-state index in [1.54, 1.807) is 0 Å². The third-order valence-electron chi connectivity index (χ3n) is 3.62. The lowest BCUT2D eigenvalue weighted by atomic mass is 9.82. The van der Waals surface area contributed by atoms with Gasteiger partial charge in [0.2, 0.25) is 5.91 Å². The van der Waals surface area contributed by atoms with Gasteiger partial charge in [0.15, 0.2) is 6.17 Å². The van der Waals surface area contributed by atoms with Gasteiger partial charge in [-0.25, -0.2) is 9.18 Å². The molecule has 1 amide bonds. The molecule has 7 unspecified atom stereocenters. The molecular formula is C12H19F2NO7. The van der Waals surface area contributed by atoms with Crippen LogP contribution in [0.3, 0.4) is 0 Å². The van der Waals surface area contributed by atoms with Crippen LogP contribution < -0.4 is 5.32 Å². The van der Waals surface area contributed by atoms with E-state index in [1.165, 1.54) is 0 Å². The number of aliphatic hydroxyl groups excluding tert-OH is 3. The van der Waals surface area contributed by atoms with Crippen molar-refractivity contribution in [1.29, 1.82) is 0 Å². The molecule has 0 bridgehead atoms. The van der Waals surface area contributed by atoms with Gasteiger partial charge in [0, 0.05) is 12.8 Å². The molecule has 0 aromatic heterocycles. The number of hydrogen-bond donors (Lipinski definition) is 5. The summed E-state index contributed by atoms with van der Waals surface area (Å²) < 4.78 is 32.9. The number of carboxylic acid groups (broad SMARTS) is 1. The van der Waals surface area contributed by atoms with Gasteiger partial charge >= 0.3 is 11.8 Å². The molecule has 0 aliphatic carbocycles. The molecule has 1 saturated heterocycles. The van der Waals surface area contributed by atoms with E-state index in [1.807, 2.05) is 0 Å². The summed E-state index contributed by atoms with van der Waals surface area (Å²) in [6, 6.07) is -1.30. The number of carbonyl (C=O) groups excluding carboxylic acids is 1. The van der Waals surface area contributed by atoms with Crippen molar-refractivity contribution < 1.29 is 43.5 Å². The monoisotopic (exact) mass is 327 g/mol. The van der Waals surface area contributed by atoms with Crippen molar-refractivity contribution in [2.75, 3.05) is 6.61 Å². The highest BCUT2D eigenvalue weighted by atomic mass is 19.2. The van der Waals surface area contributed by atoms with Gasteiger partial charge in [0.05, 0.1) is 12.6 Å². The highest BCUT2D eigenvalue weighted by molar-refractivity contribution is 5.77. The summed E-state index contributed by atoms with van der Waals surface area (Å²) in [6.07, 6.45) is -8.11. The normalized spacial score (nSPS) is 38.1. The third-order valence-corrected chi connectivity index (χ3v) is 3.62. The standard InChI is InChI=1S/C12H19F2NO7/c1-4-7(15-5(2)17)9(8(19)6(18)3-16)22-12(14,10(4)13)11(20)21/h4,6-10,16,18-19H,3H2,1-2H3,(H,15,17)(H,20,21). The molecule has 0 saturated carbocycles. The zero-order valence-corrected chi connectivity index (χ0v) is 11.9. The van der Waals surface area contributed by atoms with Gasteiger partial charge < -0.3 is 30.5 Å². The van der Waals surface area contributed by atoms with E-state index in [-0.39, 0.29) is 0 Å². The number of halogens is 2. The topological polar surface area (TPSA) is 136 Å². The molecule has 1 rings (SSSR count). The summed E-state index contributed by atoms with van der Waals surface area (Å²) in [6.45, 7) is 1.30. The van der Waals surface area contributed by atoms with E-state index in [9.17, 15) is 28.6 Å². The molecule has 0 spiro atoms. The lowest BCUT2D eigenvalue weighted by molar-refractivity contribution is -0.283. The SMILES string of the molecule is CC(=O)NC1C(C)C(F)C(F)(C(=O)O)OC1C(O)C(O)CO. The molecule has 1 aliphatic heterocycles. The minimum Gasteiger partial charge on any atom is -0.477 e. The Morgan fingerprint density at radius 1 is 1.41 bits per heavy atom. The van der Waals surface area contributed by atoms with Gasteiger partial charge in [-0.1, -0.05) is 6.92 Å². The number of aliphatic carboxylic acids is 1. The molecule has 5 N–H and O–H groups in total. The largest absolute Gasteiger partial charge is 0.477 e. The van der Waals surface area contributed by atoms with Crippen molar-refractivity contribution >= 4 is 11.9 Å². The lowest BCUT2D eigenvalue weighted by Crippen LogP contribution is -2.68. The van der Waals surface area contributed by atoms with E-state index in [2.05, 4.69) is 10.1 Å². The van der Waals surface area contributed by atoms with Gasteiger partial charge in [-0.15, -0.1) is 0 Å². The van der Waals surface area contributed by atoms with Crippen LogP contribution in [0.15, 0.2) is 0 Å². The second-order valence-electron chi connectivity index (χ2n) is 5.26. The summed E-state index contributed by atoms with van der Waals surface area (Å²) in [7, 11) is 0. The number of amides is 1. The minimum absolute atomic E-state index is 0.648. The number of rotatable bonds is 5. The average molecular weight is 327 g/mol. The Morgan fingerprint density at radius 2 is 1.95 bits per heavy atom. The smallest absolute Gasteiger partial charge is 0.372 e. The summed E-state index contributed by atoms with van der Waals surface area (Å²) in [4.78, 5) is 22.1. The van der Waals surface area contributed by atoms with Gasteiger partial charge in [-0.2, -0.15) is 4.39 Å². The fourth-order valence-corrected chi connectivity index (χ4v) is 2.38. The van der Waals surface area contributed by atoms with Crippen molar-refractivity contribution in [3.05, 3.63) is 0 Å². The molecule has 128 valence electrons. The van der Waals surface area contributed by atoms with E-state index < -0.39 is 60.8 Å². The molecule has 1 aliphatic rings. The second-order valence-corrected chi connectivity index (χ2v) is 5.26. The van der Waals surface area contributed by atoms with Crippen LogP contribution in [-0.2, 0) is 14.3 Å². The van der Waals surface area contributed by atoms with Gasteiger partial charge in [0.25, 0.3) is 0 Å². The number of carboxylic acids is 1. The third kappa shape index (κ3) is 3.35. The summed E-state index contributed by atoms with van der Waals surface area (Å²) in [5.41, 5.74) is 0. The zero-order chi connectivity index (χ0) is 17.2. The number of nitrogens with one attached hydrogen (secondary N) is 1. The van der Waals surface area contributed by atoms with Gasteiger partial charge in [0.1, 0.15) is 18.3 Å². The predicted molar refractivity (Wildman–Crippen MR) is 67.1 cm³/mol. The van der Waals surface area contributed by atoms with Gasteiger partial charge in [-0.05, 0) is 0 Å². The molecule has 7 atom stereocenters. The Morgan fingerprint density at radius 3 is 2.36 bits per heavy atom. The quantitative estimate of drug-likeness (QED) is 0.407. The minimum atomic E-state index is -3.74. The van der Waals surface area contributed by atoms with Crippen LogP contribution in [0.25, 0.3) is 0 Å². The molecule has 0 aromatic rings. The Balaban J connectivity index is 3.19. The Hall–Kier alpha value is -1.36. The molecule has 22 heavy (non-hydrogen) atoms. The number of aliphatic hydroxyl groups is 3. The van der Waals surface area contributed by atoms with Crippen LogP contribution in [-0.4, -0.2) is 75.3 Å². The Labute approximate surface area is 124 Å². The van der Waals surface area contributed by atoms with Crippen LogP contribution in [0.5, 0.6) is 0 Å². The highest BCUT2D eigenvalue weighted by Gasteiger charge is 2.61. The first kappa shape index (κ1) is 18.7. The molecule has 10 heteroatoms. The summed E-state index contributed by atoms with van der Waals surface area (Å²) >= 11 is 0. The van der Waals surface area contributed by atoms with Crippen LogP contribution >= 0.6 is 0 Å². The number of ether oxygens (including phenoxy) is 1. The van der Waals surface area contributed by atoms with Crippen LogP contribution in [0, 0.1) is 5.92 Å². The van der Waals surface area contributed by atoms with Crippen molar-refractivity contribution in [3.8, 4) is 0 Å². The molecular weight excluding hydrogens is 308 g/mol. The lowest BCUT2D eigenvalue weighted by Gasteiger charge is -2.46. The number of carbonyl (C=O) groups is 2. The fraction of sp³-hybridized carbons (Fsp3) is 0.833. The van der Waals surface area contributed by atoms with E-state index >= 15 is 0 Å². The number of hydrogen-bond acceptors (Lipinski definition) is 6. The predicted octanol–water partition coefficient (Wildman–Crippen LogP) is -1.67. The van der Waals surface area contributed by atoms with Crippen LogP contribution in [0.2, 0.25) is 0 Å². The summed E-state index contributed by atoms with van der Waals surface area (Å²) in [5, 5.41) is 39.2. The zero-order valence-electron chi connectivity index (χ0n) is 11.9. The first-order chi connectivity index (χ1) is 10.1.